The highest BCUT2D eigenvalue weighted by Crippen LogP contribution is 2.22. The molecular weight excluding hydrogens is 381 g/mol. The fourth-order valence-corrected chi connectivity index (χ4v) is 3.34. The quantitative estimate of drug-likeness (QED) is 0.761. The fourth-order valence-electron chi connectivity index (χ4n) is 2.54. The van der Waals surface area contributed by atoms with Gasteiger partial charge in [-0.3, -0.25) is 4.79 Å². The van der Waals surface area contributed by atoms with Gasteiger partial charge < -0.3 is 10.1 Å². The largest absolute Gasteiger partial charge is 0.488 e. The van der Waals surface area contributed by atoms with Crippen molar-refractivity contribution < 1.29 is 22.3 Å². The van der Waals surface area contributed by atoms with E-state index in [-0.39, 0.29) is 35.5 Å². The summed E-state index contributed by atoms with van der Waals surface area (Å²) in [6.45, 7) is 5.98. The normalized spacial score (nSPS) is 13.0. The molecule has 1 unspecified atom stereocenters. The van der Waals surface area contributed by atoms with E-state index in [1.165, 1.54) is 12.1 Å². The van der Waals surface area contributed by atoms with Gasteiger partial charge in [0, 0.05) is 11.8 Å². The first kappa shape index (κ1) is 21.9. The number of carbonyl (C=O) groups is 1. The van der Waals surface area contributed by atoms with Crippen molar-refractivity contribution >= 4 is 15.7 Å². The van der Waals surface area contributed by atoms with E-state index in [0.717, 1.165) is 6.26 Å². The second kappa shape index (κ2) is 8.73. The number of amides is 1. The van der Waals surface area contributed by atoms with Gasteiger partial charge in [0.05, 0.1) is 11.8 Å². The maximum atomic E-state index is 13.8. The van der Waals surface area contributed by atoms with Gasteiger partial charge >= 0.3 is 0 Å². The highest BCUT2D eigenvalue weighted by molar-refractivity contribution is 7.89. The first-order valence-electron chi connectivity index (χ1n) is 8.90. The van der Waals surface area contributed by atoms with Crippen LogP contribution in [0.15, 0.2) is 48.5 Å². The van der Waals surface area contributed by atoms with E-state index in [4.69, 9.17) is 4.74 Å². The van der Waals surface area contributed by atoms with Gasteiger partial charge in [0.15, 0.2) is 21.4 Å². The van der Waals surface area contributed by atoms with E-state index in [1.807, 2.05) is 20.8 Å². The molecule has 0 aliphatic heterocycles. The molecule has 1 amide bonds. The average molecular weight is 408 g/mol. The monoisotopic (exact) mass is 407 g/mol. The number of hydrogen-bond donors (Lipinski definition) is 1. The molecule has 1 N–H and O–H groups in total. The summed E-state index contributed by atoms with van der Waals surface area (Å²) < 4.78 is 42.1. The minimum Gasteiger partial charge on any atom is -0.488 e. The van der Waals surface area contributed by atoms with Crippen LogP contribution in [0.3, 0.4) is 0 Å². The molecule has 0 bridgehead atoms. The zero-order chi connectivity index (χ0) is 20.9. The van der Waals surface area contributed by atoms with Crippen molar-refractivity contribution in [3.8, 4) is 5.75 Å². The van der Waals surface area contributed by atoms with Crippen molar-refractivity contribution in [1.29, 1.82) is 0 Å². The predicted octanol–water partition coefficient (Wildman–Crippen LogP) is 3.59. The molecule has 0 fully saturated rings. The lowest BCUT2D eigenvalue weighted by atomic mass is 9.87. The number of sulfone groups is 1. The molecule has 2 aromatic carbocycles. The maximum Gasteiger partial charge on any atom is 0.251 e. The number of carbonyl (C=O) groups excluding carboxylic acids is 1. The molecule has 0 aliphatic carbocycles. The second-order valence-electron chi connectivity index (χ2n) is 7.90. The molecule has 0 spiro atoms. The van der Waals surface area contributed by atoms with Crippen LogP contribution in [0.4, 0.5) is 4.39 Å². The minimum absolute atomic E-state index is 0.0734. The Morgan fingerprint density at radius 2 is 1.71 bits per heavy atom. The van der Waals surface area contributed by atoms with Crippen LogP contribution in [0.25, 0.3) is 0 Å². The number of benzene rings is 2. The summed E-state index contributed by atoms with van der Waals surface area (Å²) in [5.41, 5.74) is 0.712. The van der Waals surface area contributed by atoms with Crippen molar-refractivity contribution in [1.82, 2.24) is 5.32 Å². The van der Waals surface area contributed by atoms with E-state index in [0.29, 0.717) is 11.1 Å². The first-order chi connectivity index (χ1) is 13.0. The molecule has 5 nitrogen and oxygen atoms in total. The molecule has 2 rings (SSSR count). The molecule has 0 aliphatic rings. The molecule has 0 heterocycles. The third-order valence-corrected chi connectivity index (χ3v) is 5.10. The summed E-state index contributed by atoms with van der Waals surface area (Å²) in [6.07, 6.45) is 1.16. The van der Waals surface area contributed by atoms with Crippen LogP contribution < -0.4 is 10.1 Å². The summed E-state index contributed by atoms with van der Waals surface area (Å²) in [7, 11) is -3.13. The predicted molar refractivity (Wildman–Crippen MR) is 108 cm³/mol. The van der Waals surface area contributed by atoms with Crippen molar-refractivity contribution in [2.75, 3.05) is 12.9 Å². The number of hydrogen-bond acceptors (Lipinski definition) is 4. The van der Waals surface area contributed by atoms with Crippen LogP contribution in [-0.2, 0) is 15.6 Å². The van der Waals surface area contributed by atoms with Gasteiger partial charge in [-0.05, 0) is 35.2 Å². The van der Waals surface area contributed by atoms with Gasteiger partial charge in [-0.15, -0.1) is 0 Å². The first-order valence-corrected chi connectivity index (χ1v) is 11.0. The van der Waals surface area contributed by atoms with E-state index in [2.05, 4.69) is 5.32 Å². The third-order valence-electron chi connectivity index (χ3n) is 4.24. The molecule has 28 heavy (non-hydrogen) atoms. The van der Waals surface area contributed by atoms with Gasteiger partial charge in [0.1, 0.15) is 6.61 Å². The minimum atomic E-state index is -3.13. The summed E-state index contributed by atoms with van der Waals surface area (Å²) in [5, 5.41) is 2.93. The van der Waals surface area contributed by atoms with Crippen LogP contribution in [-0.4, -0.2) is 33.2 Å². The number of rotatable bonds is 7. The molecule has 0 saturated carbocycles. The summed E-state index contributed by atoms with van der Waals surface area (Å²) in [4.78, 5) is 12.6. The Bertz CT molecular complexity index is 918. The van der Waals surface area contributed by atoms with Crippen LogP contribution >= 0.6 is 0 Å². The Hall–Kier alpha value is -2.41. The summed E-state index contributed by atoms with van der Waals surface area (Å²) >= 11 is 0. The molecule has 0 radical (unpaired) electrons. The summed E-state index contributed by atoms with van der Waals surface area (Å²) in [5.74, 6) is -0.697. The van der Waals surface area contributed by atoms with Crippen LogP contribution in [0, 0.1) is 11.2 Å². The van der Waals surface area contributed by atoms with E-state index in [1.54, 1.807) is 36.4 Å². The van der Waals surface area contributed by atoms with E-state index < -0.39 is 15.7 Å². The topological polar surface area (TPSA) is 72.5 Å². The van der Waals surface area contributed by atoms with Crippen LogP contribution in [0.5, 0.6) is 5.75 Å². The maximum absolute atomic E-state index is 13.8. The van der Waals surface area contributed by atoms with Crippen LogP contribution in [0.2, 0.25) is 0 Å². The molecule has 2 aromatic rings. The Labute approximate surface area is 165 Å². The molecule has 0 saturated heterocycles. The Morgan fingerprint density at radius 1 is 1.11 bits per heavy atom. The standard InChI is InChI=1S/C21H26FNO4S/c1-21(2,3)19(13-27-18-8-6-5-7-17(18)22)23-20(24)16-11-9-15(10-12-16)14-28(4,25)26/h5-12,19H,13-14H2,1-4H3,(H,23,24). The van der Waals surface area contributed by atoms with Gasteiger partial charge in [0.2, 0.25) is 0 Å². The zero-order valence-corrected chi connectivity index (χ0v) is 17.3. The van der Waals surface area contributed by atoms with E-state index >= 15 is 0 Å². The Kier molecular flexibility index (Phi) is 6.82. The molecule has 0 aromatic heterocycles. The lowest BCUT2D eigenvalue weighted by Crippen LogP contribution is -2.47. The molecule has 1 atom stereocenters. The number of para-hydroxylation sites is 1. The average Bonchev–Trinajstić information content (AvgIpc) is 2.58. The van der Waals surface area contributed by atoms with Crippen molar-refractivity contribution in [2.24, 2.45) is 5.41 Å². The van der Waals surface area contributed by atoms with Crippen LogP contribution in [0.1, 0.15) is 36.7 Å². The Morgan fingerprint density at radius 3 is 2.25 bits per heavy atom. The highest BCUT2D eigenvalue weighted by atomic mass is 32.2. The fraction of sp³-hybridized carbons (Fsp3) is 0.381. The Balaban J connectivity index is 2.07. The summed E-state index contributed by atoms with van der Waals surface area (Å²) in [6, 6.07) is 12.2. The second-order valence-corrected chi connectivity index (χ2v) is 10.0. The van der Waals surface area contributed by atoms with Gasteiger partial charge in [0.25, 0.3) is 5.91 Å². The lowest BCUT2D eigenvalue weighted by molar-refractivity contribution is 0.0860. The number of halogens is 1. The lowest BCUT2D eigenvalue weighted by Gasteiger charge is -2.31. The van der Waals surface area contributed by atoms with Gasteiger partial charge in [-0.25, -0.2) is 12.8 Å². The SMILES string of the molecule is CC(C)(C)C(COc1ccccc1F)NC(=O)c1ccc(CS(C)(=O)=O)cc1. The number of ether oxygens (including phenoxy) is 1. The third kappa shape index (κ3) is 6.64. The van der Waals surface area contributed by atoms with Gasteiger partial charge in [-0.1, -0.05) is 45.0 Å². The van der Waals surface area contributed by atoms with Crippen molar-refractivity contribution in [3.05, 3.63) is 65.5 Å². The number of nitrogens with one attached hydrogen (secondary N) is 1. The molecule has 152 valence electrons. The highest BCUT2D eigenvalue weighted by Gasteiger charge is 2.27. The van der Waals surface area contributed by atoms with Crippen molar-refractivity contribution in [2.45, 2.75) is 32.6 Å². The smallest absolute Gasteiger partial charge is 0.251 e. The van der Waals surface area contributed by atoms with Gasteiger partial charge in [-0.2, -0.15) is 0 Å². The molecule has 7 heteroatoms. The van der Waals surface area contributed by atoms with Crippen molar-refractivity contribution in [3.63, 3.8) is 0 Å². The van der Waals surface area contributed by atoms with E-state index in [9.17, 15) is 17.6 Å². The molecular formula is C21H26FNO4S. The zero-order valence-electron chi connectivity index (χ0n) is 16.5.